The first kappa shape index (κ1) is 15.0. The van der Waals surface area contributed by atoms with E-state index in [0.29, 0.717) is 17.9 Å². The average Bonchev–Trinajstić information content (AvgIpc) is 3.16. The summed E-state index contributed by atoms with van der Waals surface area (Å²) in [5.74, 6) is 1.56. The first-order valence-corrected chi connectivity index (χ1v) is 8.09. The summed E-state index contributed by atoms with van der Waals surface area (Å²) in [4.78, 5) is 0. The van der Waals surface area contributed by atoms with E-state index in [2.05, 4.69) is 37.9 Å². The molecule has 4 atom stereocenters. The Labute approximate surface area is 126 Å². The van der Waals surface area contributed by atoms with E-state index in [0.717, 1.165) is 32.3 Å². The Bertz CT molecular complexity index is 480. The van der Waals surface area contributed by atoms with E-state index in [1.54, 1.807) is 0 Å². The van der Waals surface area contributed by atoms with Crippen molar-refractivity contribution in [2.24, 2.45) is 5.41 Å². The smallest absolute Gasteiger partial charge is 0.245 e. The van der Waals surface area contributed by atoms with Crippen LogP contribution in [0.2, 0.25) is 0 Å². The maximum atomic E-state index is 5.94. The third kappa shape index (κ3) is 2.99. The van der Waals surface area contributed by atoms with Gasteiger partial charge in [0.1, 0.15) is 6.10 Å². The lowest BCUT2D eigenvalue weighted by Gasteiger charge is -2.29. The standard InChI is InChI=1S/C16H26N2O3/c1-5-10-6-7-12(20-10)15-18-17-14(21-15)11-8-9-19-13(11)16(2,3)4/h10-13H,5-9H2,1-4H3/t10?,11-,12?,13-/m0/s1. The highest BCUT2D eigenvalue weighted by atomic mass is 16.5. The molecule has 0 radical (unpaired) electrons. The summed E-state index contributed by atoms with van der Waals surface area (Å²) in [6, 6.07) is 0. The van der Waals surface area contributed by atoms with Crippen LogP contribution < -0.4 is 0 Å². The molecular formula is C16H26N2O3. The Morgan fingerprint density at radius 1 is 1.10 bits per heavy atom. The zero-order valence-corrected chi connectivity index (χ0v) is 13.5. The van der Waals surface area contributed by atoms with Gasteiger partial charge in [-0.25, -0.2) is 0 Å². The van der Waals surface area contributed by atoms with Gasteiger partial charge < -0.3 is 13.9 Å². The van der Waals surface area contributed by atoms with Gasteiger partial charge in [0.05, 0.1) is 18.1 Å². The van der Waals surface area contributed by atoms with Crippen LogP contribution in [0.15, 0.2) is 4.42 Å². The van der Waals surface area contributed by atoms with Crippen molar-refractivity contribution in [3.63, 3.8) is 0 Å². The van der Waals surface area contributed by atoms with E-state index in [4.69, 9.17) is 13.9 Å². The van der Waals surface area contributed by atoms with Gasteiger partial charge in [0.25, 0.3) is 0 Å². The highest BCUT2D eigenvalue weighted by Gasteiger charge is 2.41. The molecule has 1 aromatic heterocycles. The van der Waals surface area contributed by atoms with Crippen LogP contribution in [0, 0.1) is 5.41 Å². The minimum Gasteiger partial charge on any atom is -0.422 e. The molecule has 3 rings (SSSR count). The van der Waals surface area contributed by atoms with Gasteiger partial charge in [0, 0.05) is 6.61 Å². The van der Waals surface area contributed by atoms with E-state index < -0.39 is 0 Å². The van der Waals surface area contributed by atoms with Gasteiger partial charge in [-0.1, -0.05) is 27.7 Å². The fourth-order valence-corrected chi connectivity index (χ4v) is 3.41. The quantitative estimate of drug-likeness (QED) is 0.852. The van der Waals surface area contributed by atoms with Crippen LogP contribution in [-0.2, 0) is 9.47 Å². The highest BCUT2D eigenvalue weighted by Crippen LogP contribution is 2.41. The van der Waals surface area contributed by atoms with Crippen LogP contribution >= 0.6 is 0 Å². The van der Waals surface area contributed by atoms with E-state index in [1.165, 1.54) is 0 Å². The van der Waals surface area contributed by atoms with Crippen molar-refractivity contribution in [2.75, 3.05) is 6.61 Å². The van der Waals surface area contributed by atoms with Gasteiger partial charge >= 0.3 is 0 Å². The van der Waals surface area contributed by atoms with Gasteiger partial charge in [-0.3, -0.25) is 0 Å². The van der Waals surface area contributed by atoms with Crippen molar-refractivity contribution >= 4 is 0 Å². The van der Waals surface area contributed by atoms with E-state index in [-0.39, 0.29) is 23.5 Å². The molecule has 2 saturated heterocycles. The molecule has 5 nitrogen and oxygen atoms in total. The lowest BCUT2D eigenvalue weighted by molar-refractivity contribution is 0.0136. The van der Waals surface area contributed by atoms with Crippen LogP contribution in [0.5, 0.6) is 0 Å². The van der Waals surface area contributed by atoms with Crippen molar-refractivity contribution < 1.29 is 13.9 Å². The Kier molecular flexibility index (Phi) is 4.06. The predicted octanol–water partition coefficient (Wildman–Crippen LogP) is 3.62. The molecule has 0 bridgehead atoms. The zero-order valence-electron chi connectivity index (χ0n) is 13.5. The topological polar surface area (TPSA) is 57.4 Å². The minimum absolute atomic E-state index is 0.0217. The number of rotatable bonds is 3. The summed E-state index contributed by atoms with van der Waals surface area (Å²) in [5, 5.41) is 8.51. The third-order valence-electron chi connectivity index (χ3n) is 4.56. The second-order valence-electron chi connectivity index (χ2n) is 7.26. The summed E-state index contributed by atoms with van der Waals surface area (Å²) in [5.41, 5.74) is 0.0764. The number of aromatic nitrogens is 2. The first-order chi connectivity index (χ1) is 9.99. The van der Waals surface area contributed by atoms with Crippen LogP contribution in [0.25, 0.3) is 0 Å². The third-order valence-corrected chi connectivity index (χ3v) is 4.56. The Hall–Kier alpha value is -0.940. The molecule has 2 unspecified atom stereocenters. The fourth-order valence-electron chi connectivity index (χ4n) is 3.41. The second kappa shape index (κ2) is 5.69. The van der Waals surface area contributed by atoms with E-state index in [9.17, 15) is 0 Å². The largest absolute Gasteiger partial charge is 0.422 e. The van der Waals surface area contributed by atoms with Crippen molar-refractivity contribution in [1.82, 2.24) is 10.2 Å². The lowest BCUT2D eigenvalue weighted by atomic mass is 9.81. The van der Waals surface area contributed by atoms with Gasteiger partial charge in [-0.2, -0.15) is 0 Å². The summed E-state index contributed by atoms with van der Waals surface area (Å²) >= 11 is 0. The SMILES string of the molecule is CCC1CCC(c2nnc([C@H]3CCO[C@@H]3C(C)(C)C)o2)O1. The molecule has 21 heavy (non-hydrogen) atoms. The molecule has 0 N–H and O–H groups in total. The second-order valence-corrected chi connectivity index (χ2v) is 7.26. The Morgan fingerprint density at radius 2 is 1.86 bits per heavy atom. The van der Waals surface area contributed by atoms with E-state index in [1.807, 2.05) is 0 Å². The average molecular weight is 294 g/mol. The molecular weight excluding hydrogens is 268 g/mol. The normalized spacial score (nSPS) is 33.7. The van der Waals surface area contributed by atoms with Gasteiger partial charge in [0.2, 0.25) is 11.8 Å². The molecule has 0 aliphatic carbocycles. The predicted molar refractivity (Wildman–Crippen MR) is 78.0 cm³/mol. The summed E-state index contributed by atoms with van der Waals surface area (Å²) < 4.78 is 17.8. The molecule has 2 aliphatic heterocycles. The van der Waals surface area contributed by atoms with Crippen molar-refractivity contribution in [1.29, 1.82) is 0 Å². The summed E-state index contributed by atoms with van der Waals surface area (Å²) in [6.45, 7) is 9.50. The maximum absolute atomic E-state index is 5.94. The molecule has 0 spiro atoms. The first-order valence-electron chi connectivity index (χ1n) is 8.09. The van der Waals surface area contributed by atoms with Gasteiger partial charge in [-0.05, 0) is 31.1 Å². The lowest BCUT2D eigenvalue weighted by Crippen LogP contribution is -2.30. The Morgan fingerprint density at radius 3 is 2.52 bits per heavy atom. The van der Waals surface area contributed by atoms with Crippen molar-refractivity contribution in [2.45, 2.75) is 77.6 Å². The zero-order chi connectivity index (χ0) is 15.0. The van der Waals surface area contributed by atoms with Crippen molar-refractivity contribution in [3.05, 3.63) is 11.8 Å². The molecule has 5 heteroatoms. The molecule has 2 aliphatic rings. The van der Waals surface area contributed by atoms with Crippen LogP contribution in [0.1, 0.15) is 77.2 Å². The molecule has 0 aromatic carbocycles. The molecule has 3 heterocycles. The fraction of sp³-hybridized carbons (Fsp3) is 0.875. The van der Waals surface area contributed by atoms with E-state index >= 15 is 0 Å². The van der Waals surface area contributed by atoms with Crippen LogP contribution in [-0.4, -0.2) is 29.0 Å². The van der Waals surface area contributed by atoms with Gasteiger partial charge in [-0.15, -0.1) is 10.2 Å². The number of hydrogen-bond acceptors (Lipinski definition) is 5. The molecule has 0 saturated carbocycles. The van der Waals surface area contributed by atoms with Crippen LogP contribution in [0.4, 0.5) is 0 Å². The Balaban J connectivity index is 1.73. The summed E-state index contributed by atoms with van der Waals surface area (Å²) in [7, 11) is 0. The molecule has 118 valence electrons. The monoisotopic (exact) mass is 294 g/mol. The molecule has 2 fully saturated rings. The van der Waals surface area contributed by atoms with Gasteiger partial charge in [0.15, 0.2) is 0 Å². The molecule has 0 amide bonds. The number of ether oxygens (including phenoxy) is 2. The highest BCUT2D eigenvalue weighted by molar-refractivity contribution is 5.03. The molecule has 1 aromatic rings. The number of hydrogen-bond donors (Lipinski definition) is 0. The summed E-state index contributed by atoms with van der Waals surface area (Å²) in [6.07, 6.45) is 4.50. The van der Waals surface area contributed by atoms with Crippen molar-refractivity contribution in [3.8, 4) is 0 Å². The number of nitrogens with zero attached hydrogens (tertiary/aromatic N) is 2. The minimum atomic E-state index is -0.0217. The maximum Gasteiger partial charge on any atom is 0.245 e. The van der Waals surface area contributed by atoms with Crippen LogP contribution in [0.3, 0.4) is 0 Å².